The van der Waals surface area contributed by atoms with Gasteiger partial charge in [0.05, 0.1) is 17.1 Å². The molecule has 0 saturated carbocycles. The molecule has 0 N–H and O–H groups in total. The van der Waals surface area contributed by atoms with Crippen LogP contribution in [0.15, 0.2) is 352 Å². The van der Waals surface area contributed by atoms with Crippen LogP contribution in [0.5, 0.6) is 0 Å². The van der Waals surface area contributed by atoms with Gasteiger partial charge in [-0.05, 0) is 166 Å². The minimum absolute atomic E-state index is 1.05. The zero-order chi connectivity index (χ0) is 60.2. The fraction of sp³-hybridized carbons (Fsp3) is 0. The van der Waals surface area contributed by atoms with E-state index in [0.717, 1.165) is 61.8 Å². The van der Waals surface area contributed by atoms with Crippen LogP contribution in [0.25, 0.3) is 130 Å². The first-order valence-corrected chi connectivity index (χ1v) is 32.0. The Balaban J connectivity index is 0.808. The Morgan fingerprint density at radius 1 is 0.176 bits per heavy atom. The standard InChI is InChI=1S/C88H58N2S/c1-3-19-59(20-4-1)60-37-39-64(40-38-60)78-28-11-15-35-85(78)90(86-54-53-75(61-21-5-2-6-22-61)80-30-9-10-31-81(80)86)71-26-17-25-67(56-71)79-29-12-14-34-84(79)89(70-47-43-63(44-48-70)74-33-18-24-62-23-7-8-27-73(62)74)72-49-52-77-69(57-72)42-41-68-55-65(45-50-76(68)77)66-46-51-83-82-32-13-16-36-87(82)91-88(83)58-66/h1-58H. The average molecular weight is 1180 g/mol. The average Bonchev–Trinajstić information content (AvgIpc) is 1.85. The lowest BCUT2D eigenvalue weighted by molar-refractivity contribution is 1.28. The molecule has 17 aromatic rings. The van der Waals surface area contributed by atoms with E-state index in [-0.39, 0.29) is 0 Å². The summed E-state index contributed by atoms with van der Waals surface area (Å²) in [5.74, 6) is 0. The maximum absolute atomic E-state index is 2.48. The van der Waals surface area contributed by atoms with Crippen molar-refractivity contribution in [2.75, 3.05) is 9.80 Å². The Morgan fingerprint density at radius 3 is 1.42 bits per heavy atom. The smallest absolute Gasteiger partial charge is 0.0540 e. The quantitative estimate of drug-likeness (QED) is 0.113. The number of hydrogen-bond donors (Lipinski definition) is 0. The van der Waals surface area contributed by atoms with E-state index in [1.165, 1.54) is 102 Å². The Kier molecular flexibility index (Phi) is 13.4. The van der Waals surface area contributed by atoms with Crippen LogP contribution in [-0.4, -0.2) is 0 Å². The monoisotopic (exact) mass is 1170 g/mol. The molecule has 0 unspecified atom stereocenters. The van der Waals surface area contributed by atoms with Gasteiger partial charge in [-0.25, -0.2) is 0 Å². The van der Waals surface area contributed by atoms with Crippen LogP contribution in [0.4, 0.5) is 34.1 Å². The number of rotatable bonds is 12. The Hall–Kier alpha value is -11.6. The first-order chi connectivity index (χ1) is 45.1. The number of anilines is 6. The molecular formula is C88H58N2S. The Morgan fingerprint density at radius 2 is 0.637 bits per heavy atom. The van der Waals surface area contributed by atoms with Crippen molar-refractivity contribution in [3.8, 4) is 66.8 Å². The van der Waals surface area contributed by atoms with E-state index in [0.29, 0.717) is 0 Å². The van der Waals surface area contributed by atoms with Gasteiger partial charge in [0, 0.05) is 53.7 Å². The summed E-state index contributed by atoms with van der Waals surface area (Å²) >= 11 is 1.87. The molecule has 0 saturated heterocycles. The first-order valence-electron chi connectivity index (χ1n) is 31.2. The molecule has 0 fully saturated rings. The summed E-state index contributed by atoms with van der Waals surface area (Å²) in [7, 11) is 0. The van der Waals surface area contributed by atoms with Crippen LogP contribution in [0.1, 0.15) is 0 Å². The molecule has 91 heavy (non-hydrogen) atoms. The molecule has 2 nitrogen and oxygen atoms in total. The number of para-hydroxylation sites is 2. The molecule has 0 aliphatic heterocycles. The van der Waals surface area contributed by atoms with Gasteiger partial charge in [0.15, 0.2) is 0 Å². The molecular weight excluding hydrogens is 1120 g/mol. The van der Waals surface area contributed by atoms with Crippen LogP contribution in [-0.2, 0) is 0 Å². The normalized spacial score (nSPS) is 11.5. The lowest BCUT2D eigenvalue weighted by Crippen LogP contribution is -2.13. The Labute approximate surface area is 533 Å². The molecule has 1 heterocycles. The van der Waals surface area contributed by atoms with Crippen molar-refractivity contribution in [1.82, 2.24) is 0 Å². The SMILES string of the molecule is c1ccc(-c2ccc(-c3ccccc3N(c3cccc(-c4ccccc4N(c4ccc(-c5cccc6ccccc56)cc4)c4ccc5c(ccc6cc(-c7ccc8c(c7)sc7ccccc78)ccc65)c4)c3)c3ccc(-c4ccccc4)c4ccccc34)cc2)cc1. The summed E-state index contributed by atoms with van der Waals surface area (Å²) < 4.78 is 2.64. The van der Waals surface area contributed by atoms with Gasteiger partial charge in [0.2, 0.25) is 0 Å². The number of hydrogen-bond acceptors (Lipinski definition) is 3. The van der Waals surface area contributed by atoms with Crippen molar-refractivity contribution in [2.24, 2.45) is 0 Å². The molecule has 0 aliphatic rings. The van der Waals surface area contributed by atoms with Gasteiger partial charge >= 0.3 is 0 Å². The van der Waals surface area contributed by atoms with Gasteiger partial charge < -0.3 is 9.80 Å². The van der Waals surface area contributed by atoms with Crippen LogP contribution in [0.3, 0.4) is 0 Å². The number of thiophene rings is 1. The van der Waals surface area contributed by atoms with E-state index in [1.807, 2.05) is 11.3 Å². The molecule has 0 aliphatic carbocycles. The van der Waals surface area contributed by atoms with Gasteiger partial charge in [0.25, 0.3) is 0 Å². The van der Waals surface area contributed by atoms with E-state index >= 15 is 0 Å². The van der Waals surface area contributed by atoms with Crippen molar-refractivity contribution < 1.29 is 0 Å². The van der Waals surface area contributed by atoms with Gasteiger partial charge in [-0.3, -0.25) is 0 Å². The Bertz CT molecular complexity index is 5590. The second kappa shape index (κ2) is 22.8. The zero-order valence-electron chi connectivity index (χ0n) is 49.8. The molecule has 16 aromatic carbocycles. The fourth-order valence-corrected chi connectivity index (χ4v) is 15.0. The third-order valence-electron chi connectivity index (χ3n) is 18.3. The maximum Gasteiger partial charge on any atom is 0.0540 e. The van der Waals surface area contributed by atoms with Crippen molar-refractivity contribution in [2.45, 2.75) is 0 Å². The predicted octanol–water partition coefficient (Wildman–Crippen LogP) is 25.6. The predicted molar refractivity (Wildman–Crippen MR) is 391 cm³/mol. The zero-order valence-corrected chi connectivity index (χ0v) is 50.6. The van der Waals surface area contributed by atoms with Crippen LogP contribution in [0, 0.1) is 0 Å². The summed E-state index contributed by atoms with van der Waals surface area (Å²) in [6.07, 6.45) is 0. The third-order valence-corrected chi connectivity index (χ3v) is 19.4. The van der Waals surface area contributed by atoms with Crippen molar-refractivity contribution >= 4 is 109 Å². The summed E-state index contributed by atoms with van der Waals surface area (Å²) in [6.45, 7) is 0. The molecule has 426 valence electrons. The second-order valence-corrected chi connectivity index (χ2v) is 24.6. The highest BCUT2D eigenvalue weighted by atomic mass is 32.1. The minimum atomic E-state index is 1.05. The lowest BCUT2D eigenvalue weighted by Gasteiger charge is -2.31. The fourth-order valence-electron chi connectivity index (χ4n) is 13.8. The van der Waals surface area contributed by atoms with Crippen LogP contribution >= 0.6 is 11.3 Å². The number of benzene rings is 16. The topological polar surface area (TPSA) is 6.48 Å². The molecule has 0 spiro atoms. The maximum atomic E-state index is 2.48. The first kappa shape index (κ1) is 53.6. The van der Waals surface area contributed by atoms with Crippen LogP contribution < -0.4 is 9.80 Å². The molecule has 17 rings (SSSR count). The highest BCUT2D eigenvalue weighted by molar-refractivity contribution is 7.25. The number of fused-ring (bicyclic) bond motifs is 8. The molecule has 3 heteroatoms. The van der Waals surface area contributed by atoms with E-state index in [2.05, 4.69) is 362 Å². The minimum Gasteiger partial charge on any atom is -0.310 e. The van der Waals surface area contributed by atoms with Crippen molar-refractivity contribution in [3.05, 3.63) is 352 Å². The summed E-state index contributed by atoms with van der Waals surface area (Å²) in [5.41, 5.74) is 20.5. The van der Waals surface area contributed by atoms with Gasteiger partial charge in [-0.1, -0.05) is 279 Å². The molecule has 0 atom stereocenters. The molecule has 0 amide bonds. The molecule has 0 bridgehead atoms. The van der Waals surface area contributed by atoms with E-state index in [4.69, 9.17) is 0 Å². The lowest BCUT2D eigenvalue weighted by atomic mass is 9.94. The van der Waals surface area contributed by atoms with Crippen molar-refractivity contribution in [1.29, 1.82) is 0 Å². The van der Waals surface area contributed by atoms with Crippen LogP contribution in [0.2, 0.25) is 0 Å². The van der Waals surface area contributed by atoms with E-state index < -0.39 is 0 Å². The van der Waals surface area contributed by atoms with Crippen molar-refractivity contribution in [3.63, 3.8) is 0 Å². The highest BCUT2D eigenvalue weighted by Crippen LogP contribution is 2.49. The molecule has 1 aromatic heterocycles. The summed E-state index contributed by atoms with van der Waals surface area (Å²) in [6, 6.07) is 130. The molecule has 0 radical (unpaired) electrons. The highest BCUT2D eigenvalue weighted by Gasteiger charge is 2.24. The third kappa shape index (κ3) is 9.77. The van der Waals surface area contributed by atoms with E-state index in [1.54, 1.807) is 0 Å². The summed E-state index contributed by atoms with van der Waals surface area (Å²) in [5, 5.41) is 12.3. The van der Waals surface area contributed by atoms with Gasteiger partial charge in [-0.15, -0.1) is 11.3 Å². The summed E-state index contributed by atoms with van der Waals surface area (Å²) in [4.78, 5) is 4.93. The number of nitrogens with zero attached hydrogens (tertiary/aromatic N) is 2. The van der Waals surface area contributed by atoms with E-state index in [9.17, 15) is 0 Å². The van der Waals surface area contributed by atoms with Gasteiger partial charge in [0.1, 0.15) is 0 Å². The second-order valence-electron chi connectivity index (χ2n) is 23.5. The largest absolute Gasteiger partial charge is 0.310 e. The van der Waals surface area contributed by atoms with Gasteiger partial charge in [-0.2, -0.15) is 0 Å².